The first kappa shape index (κ1) is 37.9. The number of carbonyl (C=O) groups is 2. The van der Waals surface area contributed by atoms with E-state index < -0.39 is 0 Å². The van der Waals surface area contributed by atoms with Crippen LogP contribution in [0.3, 0.4) is 0 Å². The van der Waals surface area contributed by atoms with Crippen LogP contribution in [-0.2, 0) is 19.8 Å². The highest BCUT2D eigenvalue weighted by Gasteiger charge is 2.33. The molecule has 0 saturated carbocycles. The maximum Gasteiger partial charge on any atom is 0.277 e. The maximum atomic E-state index is 12.9. The summed E-state index contributed by atoms with van der Waals surface area (Å²) in [6.07, 6.45) is 9.06. The van der Waals surface area contributed by atoms with Gasteiger partial charge in [-0.05, 0) is 43.2 Å². The van der Waals surface area contributed by atoms with E-state index in [-0.39, 0.29) is 47.4 Å². The van der Waals surface area contributed by atoms with Crippen molar-refractivity contribution in [3.05, 3.63) is 128 Å². The minimum absolute atomic E-state index is 0.119. The number of nitrogens with one attached hydrogen (secondary N) is 1. The minimum atomic E-state index is -0.274. The van der Waals surface area contributed by atoms with Crippen molar-refractivity contribution in [3.63, 3.8) is 0 Å². The molecule has 2 aromatic heterocycles. The number of unbranched alkanes of at least 4 members (excludes halogenated alkanes) is 1. The SMILES string of the molecule is BrCCCCBr.O=C1NCCn2ccc(=O)c(OCc3ccccc3)c21.O=C1c2c(OCc3ccccc3)c(=O)ccn2N2CCCCCN1C2. The first-order valence-corrected chi connectivity index (χ1v) is 19.4. The number of hydrogen-bond donors (Lipinski definition) is 1. The zero-order valence-electron chi connectivity index (χ0n) is 28.5. The molecule has 3 aliphatic heterocycles. The number of carbonyl (C=O) groups excluding carboxylic acids is 2. The van der Waals surface area contributed by atoms with E-state index in [9.17, 15) is 19.2 Å². The molecule has 2 amide bonds. The Hall–Kier alpha value is -4.36. The normalized spacial score (nSPS) is 14.6. The first-order chi connectivity index (χ1) is 24.9. The second-order valence-corrected chi connectivity index (χ2v) is 13.7. The van der Waals surface area contributed by atoms with Crippen LogP contribution in [0.5, 0.6) is 11.5 Å². The van der Waals surface area contributed by atoms with E-state index in [1.54, 1.807) is 21.6 Å². The number of ether oxygens (including phenoxy) is 2. The largest absolute Gasteiger partial charge is 0.483 e. The lowest BCUT2D eigenvalue weighted by atomic mass is 10.1. The Morgan fingerprint density at radius 3 is 1.82 bits per heavy atom. The molecule has 0 unspecified atom stereocenters. The molecule has 0 radical (unpaired) electrons. The Bertz CT molecular complexity index is 1860. The fourth-order valence-corrected chi connectivity index (χ4v) is 6.61. The Morgan fingerprint density at radius 2 is 1.22 bits per heavy atom. The van der Waals surface area contributed by atoms with E-state index in [0.29, 0.717) is 31.1 Å². The third-order valence-electron chi connectivity index (χ3n) is 8.46. The number of aromatic nitrogens is 2. The van der Waals surface area contributed by atoms with Gasteiger partial charge in [0.25, 0.3) is 11.8 Å². The molecule has 1 saturated heterocycles. The number of benzene rings is 2. The lowest BCUT2D eigenvalue weighted by Gasteiger charge is -2.41. The van der Waals surface area contributed by atoms with E-state index in [4.69, 9.17) is 9.47 Å². The molecular formula is C38H43Br2N5O6. The van der Waals surface area contributed by atoms with Crippen molar-refractivity contribution in [2.45, 2.75) is 51.9 Å². The molecule has 2 bridgehead atoms. The van der Waals surface area contributed by atoms with Crippen molar-refractivity contribution in [2.75, 3.05) is 42.0 Å². The summed E-state index contributed by atoms with van der Waals surface area (Å²) in [6.45, 7) is 3.87. The molecule has 4 aromatic rings. The predicted octanol–water partition coefficient (Wildman–Crippen LogP) is 5.69. The topological polar surface area (TPSA) is 115 Å². The zero-order valence-corrected chi connectivity index (χ0v) is 31.6. The molecule has 5 heterocycles. The monoisotopic (exact) mass is 823 g/mol. The number of alkyl halides is 2. The molecule has 0 aliphatic carbocycles. The van der Waals surface area contributed by atoms with E-state index in [0.717, 1.165) is 54.1 Å². The van der Waals surface area contributed by atoms with Crippen LogP contribution < -0.4 is 30.7 Å². The number of rotatable bonds is 9. The van der Waals surface area contributed by atoms with Gasteiger partial charge in [0.15, 0.2) is 22.9 Å². The van der Waals surface area contributed by atoms with Gasteiger partial charge in [0.05, 0.1) is 0 Å². The molecule has 1 fully saturated rings. The highest BCUT2D eigenvalue weighted by Crippen LogP contribution is 2.24. The maximum absolute atomic E-state index is 12.9. The van der Waals surface area contributed by atoms with Crippen molar-refractivity contribution in [2.24, 2.45) is 0 Å². The summed E-state index contributed by atoms with van der Waals surface area (Å²) in [4.78, 5) is 51.0. The Labute approximate surface area is 314 Å². The molecule has 13 heteroatoms. The molecule has 3 aliphatic rings. The average Bonchev–Trinajstić information content (AvgIpc) is 3.14. The van der Waals surface area contributed by atoms with Crippen LogP contribution in [0.25, 0.3) is 0 Å². The Morgan fingerprint density at radius 1 is 0.647 bits per heavy atom. The van der Waals surface area contributed by atoms with Crippen LogP contribution in [-0.4, -0.2) is 62.9 Å². The quantitative estimate of drug-likeness (QED) is 0.171. The van der Waals surface area contributed by atoms with Crippen molar-refractivity contribution in [1.29, 1.82) is 0 Å². The molecule has 1 N–H and O–H groups in total. The first-order valence-electron chi connectivity index (χ1n) is 17.2. The molecule has 270 valence electrons. The van der Waals surface area contributed by atoms with Crippen molar-refractivity contribution >= 4 is 43.7 Å². The lowest BCUT2D eigenvalue weighted by molar-refractivity contribution is 0.0670. The van der Waals surface area contributed by atoms with Crippen LogP contribution >= 0.6 is 31.9 Å². The van der Waals surface area contributed by atoms with E-state index in [2.05, 4.69) is 42.2 Å². The van der Waals surface area contributed by atoms with Crippen LogP contribution in [0, 0.1) is 0 Å². The van der Waals surface area contributed by atoms with E-state index >= 15 is 0 Å². The fourth-order valence-electron chi connectivity index (χ4n) is 5.82. The van der Waals surface area contributed by atoms with Gasteiger partial charge in [-0.1, -0.05) is 92.5 Å². The smallest absolute Gasteiger partial charge is 0.277 e. The van der Waals surface area contributed by atoms with E-state index in [1.165, 1.54) is 25.0 Å². The highest BCUT2D eigenvalue weighted by atomic mass is 79.9. The predicted molar refractivity (Wildman–Crippen MR) is 205 cm³/mol. The number of nitrogens with zero attached hydrogens (tertiary/aromatic N) is 4. The number of hydrogen-bond acceptors (Lipinski definition) is 7. The fraction of sp³-hybridized carbons (Fsp3) is 0.368. The van der Waals surface area contributed by atoms with E-state index in [1.807, 2.05) is 65.6 Å². The van der Waals surface area contributed by atoms with Gasteiger partial charge < -0.3 is 24.3 Å². The minimum Gasteiger partial charge on any atom is -0.483 e. The van der Waals surface area contributed by atoms with Crippen LogP contribution in [0.2, 0.25) is 0 Å². The summed E-state index contributed by atoms with van der Waals surface area (Å²) in [5.41, 5.74) is 2.03. The summed E-state index contributed by atoms with van der Waals surface area (Å²) in [7, 11) is 0. The summed E-state index contributed by atoms with van der Waals surface area (Å²) in [5, 5.41) is 7.10. The second kappa shape index (κ2) is 19.3. The molecule has 7 rings (SSSR count). The number of amides is 2. The van der Waals surface area contributed by atoms with Gasteiger partial charge in [-0.15, -0.1) is 0 Å². The van der Waals surface area contributed by atoms with Crippen molar-refractivity contribution in [1.82, 2.24) is 19.5 Å². The lowest BCUT2D eigenvalue weighted by Crippen LogP contribution is -2.55. The van der Waals surface area contributed by atoms with Crippen LogP contribution in [0.1, 0.15) is 64.2 Å². The van der Waals surface area contributed by atoms with Gasteiger partial charge >= 0.3 is 0 Å². The van der Waals surface area contributed by atoms with Gasteiger partial charge in [-0.2, -0.15) is 0 Å². The number of halogens is 2. The molecule has 51 heavy (non-hydrogen) atoms. The molecule has 11 nitrogen and oxygen atoms in total. The van der Waals surface area contributed by atoms with Gasteiger partial charge in [0.2, 0.25) is 10.9 Å². The third kappa shape index (κ3) is 10.1. The van der Waals surface area contributed by atoms with Gasteiger partial charge in [-0.3, -0.25) is 28.9 Å². The highest BCUT2D eigenvalue weighted by molar-refractivity contribution is 9.09. The zero-order chi connectivity index (χ0) is 36.0. The summed E-state index contributed by atoms with van der Waals surface area (Å²) in [6, 6.07) is 22.1. The molecule has 0 atom stereocenters. The Balaban J connectivity index is 0.000000174. The average molecular weight is 826 g/mol. The van der Waals surface area contributed by atoms with Gasteiger partial charge in [0, 0.05) is 61.4 Å². The van der Waals surface area contributed by atoms with Gasteiger partial charge in [-0.25, -0.2) is 0 Å². The summed E-state index contributed by atoms with van der Waals surface area (Å²) in [5.74, 6) is -0.129. The van der Waals surface area contributed by atoms with Crippen LogP contribution in [0.4, 0.5) is 0 Å². The van der Waals surface area contributed by atoms with Crippen LogP contribution in [0.15, 0.2) is 94.8 Å². The standard InChI is InChI=1S/C19H21N3O3.C15H14N2O3.C4H8Br2/c23-16-9-12-22-17(18(16)25-13-15-7-3-1-4-8-15)19(24)20-10-5-2-6-11-21(22)14-20;18-12-6-8-17-9-7-16-15(19)13(17)14(12)20-10-11-4-2-1-3-5-11;5-3-1-2-4-6/h1,3-4,7-9,12H,2,5-6,10-11,13-14H2;1-6,8H,7,9-10H2,(H,16,19);1-4H2. The summed E-state index contributed by atoms with van der Waals surface area (Å²) < 4.78 is 15.0. The molecule has 0 spiro atoms. The number of fused-ring (bicyclic) bond motifs is 5. The van der Waals surface area contributed by atoms with Crippen molar-refractivity contribution < 1.29 is 19.1 Å². The second-order valence-electron chi connectivity index (χ2n) is 12.1. The van der Waals surface area contributed by atoms with Gasteiger partial charge in [0.1, 0.15) is 19.9 Å². The third-order valence-corrected chi connectivity index (χ3v) is 9.58. The van der Waals surface area contributed by atoms with Crippen molar-refractivity contribution in [3.8, 4) is 11.5 Å². The Kier molecular flexibility index (Phi) is 14.3. The molecule has 2 aromatic carbocycles. The molecular weight excluding hydrogens is 782 g/mol. The summed E-state index contributed by atoms with van der Waals surface area (Å²) >= 11 is 6.66. The number of pyridine rings is 2.